The van der Waals surface area contributed by atoms with E-state index in [-0.39, 0.29) is 16.7 Å². The van der Waals surface area contributed by atoms with Gasteiger partial charge in [0.1, 0.15) is 5.82 Å². The number of hydrogen-bond donors (Lipinski definition) is 0. The Bertz CT molecular complexity index is 607. The van der Waals surface area contributed by atoms with Crippen molar-refractivity contribution in [3.05, 3.63) is 71.5 Å². The number of ether oxygens (including phenoxy) is 1. The van der Waals surface area contributed by atoms with Crippen LogP contribution in [-0.2, 0) is 11.3 Å². The maximum Gasteiger partial charge on any atom is 0.123 e. The molecule has 1 saturated heterocycles. The maximum absolute atomic E-state index is 13.4. The molecule has 0 spiro atoms. The average Bonchev–Trinajstić information content (AvgIpc) is 2.55. The number of benzene rings is 2. The van der Waals surface area contributed by atoms with Gasteiger partial charge in [-0.05, 0) is 23.3 Å². The highest BCUT2D eigenvalue weighted by atomic mass is 79.9. The molecule has 1 unspecified atom stereocenters. The molecule has 4 heteroatoms. The van der Waals surface area contributed by atoms with Crippen molar-refractivity contribution in [1.82, 2.24) is 4.90 Å². The Kier molecular flexibility index (Phi) is 5.24. The molecular formula is C18H19BrFNO. The Hall–Kier alpha value is -1.23. The van der Waals surface area contributed by atoms with Crippen LogP contribution < -0.4 is 0 Å². The van der Waals surface area contributed by atoms with Crippen molar-refractivity contribution in [2.45, 2.75) is 17.5 Å². The first-order valence-electron chi connectivity index (χ1n) is 7.50. The van der Waals surface area contributed by atoms with E-state index in [0.717, 1.165) is 25.2 Å². The van der Waals surface area contributed by atoms with Gasteiger partial charge in [0, 0.05) is 19.6 Å². The lowest BCUT2D eigenvalue weighted by molar-refractivity contribution is -0.0310. The fourth-order valence-corrected chi connectivity index (χ4v) is 3.39. The van der Waals surface area contributed by atoms with Crippen molar-refractivity contribution in [1.29, 1.82) is 0 Å². The van der Waals surface area contributed by atoms with Crippen LogP contribution in [0.2, 0.25) is 0 Å². The van der Waals surface area contributed by atoms with Crippen molar-refractivity contribution in [2.75, 3.05) is 19.7 Å². The second kappa shape index (κ2) is 7.36. The quantitative estimate of drug-likeness (QED) is 0.756. The Morgan fingerprint density at radius 2 is 2.00 bits per heavy atom. The van der Waals surface area contributed by atoms with Crippen LogP contribution in [-0.4, -0.2) is 30.7 Å². The van der Waals surface area contributed by atoms with Crippen molar-refractivity contribution >= 4 is 15.9 Å². The maximum atomic E-state index is 13.4. The molecule has 0 aliphatic carbocycles. The van der Waals surface area contributed by atoms with Gasteiger partial charge in [-0.2, -0.15) is 0 Å². The number of rotatable bonds is 4. The highest BCUT2D eigenvalue weighted by molar-refractivity contribution is 9.09. The molecule has 3 rings (SSSR count). The average molecular weight is 364 g/mol. The molecule has 1 heterocycles. The van der Waals surface area contributed by atoms with E-state index in [1.54, 1.807) is 12.1 Å². The Morgan fingerprint density at radius 3 is 2.77 bits per heavy atom. The number of halogens is 2. The van der Waals surface area contributed by atoms with Gasteiger partial charge in [-0.15, -0.1) is 0 Å². The topological polar surface area (TPSA) is 12.5 Å². The van der Waals surface area contributed by atoms with Crippen LogP contribution >= 0.6 is 15.9 Å². The minimum absolute atomic E-state index is 0.00164. The largest absolute Gasteiger partial charge is 0.374 e. The Balaban J connectivity index is 1.65. The molecule has 0 amide bonds. The van der Waals surface area contributed by atoms with E-state index < -0.39 is 0 Å². The van der Waals surface area contributed by atoms with E-state index in [1.165, 1.54) is 11.6 Å². The van der Waals surface area contributed by atoms with Crippen molar-refractivity contribution in [2.24, 2.45) is 0 Å². The molecule has 2 aromatic carbocycles. The number of morpholine rings is 1. The summed E-state index contributed by atoms with van der Waals surface area (Å²) in [6.07, 6.45) is 0.0271. The minimum Gasteiger partial charge on any atom is -0.374 e. The van der Waals surface area contributed by atoms with E-state index >= 15 is 0 Å². The zero-order valence-corrected chi connectivity index (χ0v) is 13.9. The van der Waals surface area contributed by atoms with E-state index in [9.17, 15) is 4.39 Å². The predicted octanol–water partition coefficient (Wildman–Crippen LogP) is 4.16. The molecule has 0 N–H and O–H groups in total. The fraction of sp³-hybridized carbons (Fsp3) is 0.333. The molecule has 0 bridgehead atoms. The summed E-state index contributed by atoms with van der Waals surface area (Å²) in [5, 5.41) is 0. The molecule has 2 nitrogen and oxygen atoms in total. The second-order valence-corrected chi connectivity index (χ2v) is 6.57. The number of nitrogens with zero attached hydrogens (tertiary/aromatic N) is 1. The lowest BCUT2D eigenvalue weighted by Gasteiger charge is -2.35. The molecule has 116 valence electrons. The molecule has 0 aromatic heterocycles. The van der Waals surface area contributed by atoms with Gasteiger partial charge in [0.25, 0.3) is 0 Å². The molecular weight excluding hydrogens is 345 g/mol. The summed E-state index contributed by atoms with van der Waals surface area (Å²) in [4.78, 5) is 2.39. The highest BCUT2D eigenvalue weighted by Crippen LogP contribution is 2.31. The summed E-state index contributed by atoms with van der Waals surface area (Å²) in [5.74, 6) is -0.209. The standard InChI is InChI=1S/C18H19BrFNO/c19-18(15-7-4-8-16(20)11-15)17-13-21(9-10-22-17)12-14-5-2-1-3-6-14/h1-8,11,17-18H,9-10,12-13H2/t17-,18?/m1/s1. The van der Waals surface area contributed by atoms with Crippen LogP contribution in [0.3, 0.4) is 0 Å². The van der Waals surface area contributed by atoms with E-state index in [2.05, 4.69) is 45.1 Å². The molecule has 22 heavy (non-hydrogen) atoms. The summed E-state index contributed by atoms with van der Waals surface area (Å²) in [6.45, 7) is 3.38. The first-order valence-corrected chi connectivity index (χ1v) is 8.41. The summed E-state index contributed by atoms with van der Waals surface area (Å²) in [7, 11) is 0. The zero-order chi connectivity index (χ0) is 15.4. The van der Waals surface area contributed by atoms with Crippen molar-refractivity contribution < 1.29 is 9.13 Å². The van der Waals surface area contributed by atoms with E-state index in [4.69, 9.17) is 4.74 Å². The lowest BCUT2D eigenvalue weighted by atomic mass is 10.1. The summed E-state index contributed by atoms with van der Waals surface area (Å²) < 4.78 is 19.3. The van der Waals surface area contributed by atoms with Crippen LogP contribution in [0.4, 0.5) is 4.39 Å². The first kappa shape index (κ1) is 15.7. The second-order valence-electron chi connectivity index (χ2n) is 5.59. The van der Waals surface area contributed by atoms with Gasteiger partial charge < -0.3 is 4.74 Å². The molecule has 1 fully saturated rings. The first-order chi connectivity index (χ1) is 10.7. The van der Waals surface area contributed by atoms with Gasteiger partial charge in [-0.3, -0.25) is 4.90 Å². The smallest absolute Gasteiger partial charge is 0.123 e. The Morgan fingerprint density at radius 1 is 1.18 bits per heavy atom. The van der Waals surface area contributed by atoms with E-state index in [1.807, 2.05) is 12.1 Å². The Labute approximate surface area is 139 Å². The zero-order valence-electron chi connectivity index (χ0n) is 12.3. The molecule has 0 saturated carbocycles. The van der Waals surface area contributed by atoms with Crippen molar-refractivity contribution in [3.63, 3.8) is 0 Å². The van der Waals surface area contributed by atoms with Gasteiger partial charge in [0.15, 0.2) is 0 Å². The molecule has 0 radical (unpaired) electrons. The van der Waals surface area contributed by atoms with Gasteiger partial charge in [-0.25, -0.2) is 4.39 Å². The third-order valence-electron chi connectivity index (χ3n) is 3.92. The third-order valence-corrected chi connectivity index (χ3v) is 5.04. The van der Waals surface area contributed by atoms with Crippen LogP contribution in [0.1, 0.15) is 16.0 Å². The lowest BCUT2D eigenvalue weighted by Crippen LogP contribution is -2.43. The molecule has 2 aromatic rings. The fourth-order valence-electron chi connectivity index (χ4n) is 2.79. The number of alkyl halides is 1. The van der Waals surface area contributed by atoms with Crippen LogP contribution in [0.15, 0.2) is 54.6 Å². The molecule has 1 aliphatic heterocycles. The van der Waals surface area contributed by atoms with Gasteiger partial charge in [-0.1, -0.05) is 58.4 Å². The van der Waals surface area contributed by atoms with Gasteiger partial charge in [0.05, 0.1) is 17.5 Å². The van der Waals surface area contributed by atoms with Crippen LogP contribution in [0, 0.1) is 5.82 Å². The normalized spacial score (nSPS) is 20.7. The van der Waals surface area contributed by atoms with Gasteiger partial charge in [0.2, 0.25) is 0 Å². The van der Waals surface area contributed by atoms with Crippen LogP contribution in [0.25, 0.3) is 0 Å². The highest BCUT2D eigenvalue weighted by Gasteiger charge is 2.27. The van der Waals surface area contributed by atoms with Crippen LogP contribution in [0.5, 0.6) is 0 Å². The molecule has 2 atom stereocenters. The minimum atomic E-state index is -0.209. The SMILES string of the molecule is Fc1cccc(C(Br)[C@H]2CN(Cc3ccccc3)CCO2)c1. The van der Waals surface area contributed by atoms with Crippen molar-refractivity contribution in [3.8, 4) is 0 Å². The molecule has 1 aliphatic rings. The van der Waals surface area contributed by atoms with Gasteiger partial charge >= 0.3 is 0 Å². The summed E-state index contributed by atoms with van der Waals surface area (Å²) >= 11 is 3.68. The van der Waals surface area contributed by atoms with E-state index in [0.29, 0.717) is 6.61 Å². The predicted molar refractivity (Wildman–Crippen MR) is 89.5 cm³/mol. The monoisotopic (exact) mass is 363 g/mol. The third kappa shape index (κ3) is 3.94. The summed E-state index contributed by atoms with van der Waals surface area (Å²) in [5.41, 5.74) is 2.23. The summed E-state index contributed by atoms with van der Waals surface area (Å²) in [6, 6.07) is 17.1. The number of hydrogen-bond acceptors (Lipinski definition) is 2.